The van der Waals surface area contributed by atoms with Crippen LogP contribution in [0.4, 0.5) is 4.79 Å². The first-order valence-corrected chi connectivity index (χ1v) is 21.7. The van der Waals surface area contributed by atoms with Crippen molar-refractivity contribution in [3.8, 4) is 28.1 Å². The van der Waals surface area contributed by atoms with Gasteiger partial charge < -0.3 is 39.9 Å². The molecule has 62 heavy (non-hydrogen) atoms. The molecule has 4 amide bonds. The highest BCUT2D eigenvalue weighted by Crippen LogP contribution is 2.44. The first-order valence-electron chi connectivity index (χ1n) is 21.7. The second-order valence-electron chi connectivity index (χ2n) is 17.4. The molecular weight excluding hydrogens is 785 g/mol. The van der Waals surface area contributed by atoms with Gasteiger partial charge in [0.25, 0.3) is 0 Å². The fourth-order valence-corrected chi connectivity index (χ4v) is 9.50. The van der Waals surface area contributed by atoms with Gasteiger partial charge in [-0.25, -0.2) is 14.8 Å². The number of rotatable bonds is 10. The number of fused-ring (bicyclic) bond motifs is 6. The second-order valence-corrected chi connectivity index (χ2v) is 17.4. The van der Waals surface area contributed by atoms with Crippen molar-refractivity contribution >= 4 is 45.6 Å². The van der Waals surface area contributed by atoms with Crippen molar-refractivity contribution in [1.29, 1.82) is 0 Å². The summed E-state index contributed by atoms with van der Waals surface area (Å²) < 4.78 is 11.2. The van der Waals surface area contributed by atoms with Crippen LogP contribution in [0.3, 0.4) is 0 Å². The molecule has 5 heterocycles. The highest BCUT2D eigenvalue weighted by atomic mass is 16.5. The molecule has 0 unspecified atom stereocenters. The first kappa shape index (κ1) is 39.4. The molecule has 2 saturated heterocycles. The Morgan fingerprint density at radius 2 is 1.58 bits per heavy atom. The topological polar surface area (TPSA) is 175 Å². The van der Waals surface area contributed by atoms with Gasteiger partial charge in [0.05, 0.1) is 42.1 Å². The number of nitrogens with zero attached hydrogens (tertiary/aromatic N) is 4. The Kier molecular flexibility index (Phi) is 10.2. The first-order chi connectivity index (χ1) is 30.1. The number of hydrogen-bond donors (Lipinski definition) is 4. The van der Waals surface area contributed by atoms with Gasteiger partial charge >= 0.3 is 6.09 Å². The smallest absolute Gasteiger partial charge is 0.407 e. The average Bonchev–Trinajstić information content (AvgIpc) is 3.70. The number of aromatic amines is 2. The number of hydrogen-bond acceptors (Lipinski definition) is 8. The van der Waals surface area contributed by atoms with Gasteiger partial charge in [0.15, 0.2) is 0 Å². The lowest BCUT2D eigenvalue weighted by Crippen LogP contribution is -2.51. The molecule has 4 aliphatic rings. The van der Waals surface area contributed by atoms with Gasteiger partial charge in [-0.3, -0.25) is 14.4 Å². The van der Waals surface area contributed by atoms with E-state index < -0.39 is 18.2 Å². The third-order valence-corrected chi connectivity index (χ3v) is 13.0. The van der Waals surface area contributed by atoms with Gasteiger partial charge in [-0.05, 0) is 96.3 Å². The molecule has 3 fully saturated rings. The molecule has 1 aliphatic carbocycles. The van der Waals surface area contributed by atoms with E-state index in [0.717, 1.165) is 105 Å². The highest BCUT2D eigenvalue weighted by Gasteiger charge is 2.40. The monoisotopic (exact) mass is 834 g/mol. The molecular formula is C48H50N8O6. The van der Waals surface area contributed by atoms with Gasteiger partial charge in [-0.1, -0.05) is 62.4 Å². The lowest BCUT2D eigenvalue weighted by atomic mass is 9.92. The van der Waals surface area contributed by atoms with Crippen LogP contribution in [0.5, 0.6) is 5.75 Å². The Labute approximate surface area is 358 Å². The maximum Gasteiger partial charge on any atom is 0.407 e. The maximum atomic E-state index is 14.3. The van der Waals surface area contributed by atoms with Crippen molar-refractivity contribution in [2.45, 2.75) is 83.1 Å². The summed E-state index contributed by atoms with van der Waals surface area (Å²) in [5.74, 6) is 1.78. The van der Waals surface area contributed by atoms with E-state index in [0.29, 0.717) is 25.5 Å². The molecule has 10 rings (SSSR count). The molecule has 1 saturated carbocycles. The molecule has 4 N–H and O–H groups in total. The molecule has 14 nitrogen and oxygen atoms in total. The van der Waals surface area contributed by atoms with Gasteiger partial charge in [0, 0.05) is 30.0 Å². The Morgan fingerprint density at radius 1 is 0.823 bits per heavy atom. The van der Waals surface area contributed by atoms with Gasteiger partial charge in [-0.15, -0.1) is 0 Å². The lowest BCUT2D eigenvalue weighted by Gasteiger charge is -2.30. The Bertz CT molecular complexity index is 2720. The Balaban J connectivity index is 0.892. The zero-order valence-corrected chi connectivity index (χ0v) is 35.1. The fourth-order valence-electron chi connectivity index (χ4n) is 9.50. The summed E-state index contributed by atoms with van der Waals surface area (Å²) in [5, 5.41) is 7.76. The van der Waals surface area contributed by atoms with Crippen molar-refractivity contribution < 1.29 is 28.7 Å². The van der Waals surface area contributed by atoms with E-state index in [2.05, 4.69) is 57.0 Å². The van der Waals surface area contributed by atoms with Gasteiger partial charge in [-0.2, -0.15) is 0 Å². The van der Waals surface area contributed by atoms with Gasteiger partial charge in [0.1, 0.15) is 36.1 Å². The number of carbonyl (C=O) groups is 4. The summed E-state index contributed by atoms with van der Waals surface area (Å²) in [4.78, 5) is 73.6. The molecule has 2 aromatic heterocycles. The summed E-state index contributed by atoms with van der Waals surface area (Å²) in [7, 11) is 1.29. The summed E-state index contributed by atoms with van der Waals surface area (Å²) in [6.45, 7) is 5.37. The number of likely N-dealkylation sites (tertiary alicyclic amines) is 2. The predicted molar refractivity (Wildman–Crippen MR) is 233 cm³/mol. The van der Waals surface area contributed by atoms with E-state index in [-0.39, 0.29) is 41.6 Å². The third-order valence-electron chi connectivity index (χ3n) is 13.0. The van der Waals surface area contributed by atoms with Crippen LogP contribution in [0, 0.1) is 11.8 Å². The molecule has 14 heteroatoms. The number of amides is 4. The minimum atomic E-state index is -0.753. The minimum Gasteiger partial charge on any atom is -0.488 e. The van der Waals surface area contributed by atoms with E-state index in [9.17, 15) is 19.2 Å². The molecule has 318 valence electrons. The van der Waals surface area contributed by atoms with Gasteiger partial charge in [0.2, 0.25) is 17.7 Å². The minimum absolute atomic E-state index is 0.0122. The van der Waals surface area contributed by atoms with Crippen molar-refractivity contribution in [3.63, 3.8) is 0 Å². The largest absolute Gasteiger partial charge is 0.488 e. The van der Waals surface area contributed by atoms with Crippen molar-refractivity contribution in [1.82, 2.24) is 40.4 Å². The standard InChI is InChI=1S/C48H50N8O6/c1-26(2)40(54-48(60)61-3)46(58)55-19-7-11-37(55)43-49-24-36(51-43)30-15-17-32-31(21-30)25-62-39-23-33-29(22-34(32)39)16-18-35-42(33)52-44(50-35)38-12-8-20-56(38)47(59)41(27-9-5-4-6-10-27)53-45(57)28-13-14-28/h4-6,9-10,15-18,21-24,26,28,37-38,40-41H,7-8,11-14,19-20,25H2,1-3H3,(H,49,51)(H,50,52)(H,53,57)(H,54,60)/t37-,38-,40+,41+/m0/s1. The fraction of sp³-hybridized carbons (Fsp3) is 0.375. The Hall–Kier alpha value is -6.70. The summed E-state index contributed by atoms with van der Waals surface area (Å²) in [6.07, 6.45) is 6.13. The van der Waals surface area contributed by atoms with E-state index in [1.165, 1.54) is 7.11 Å². The number of alkyl carbamates (subject to hydrolysis) is 1. The van der Waals surface area contributed by atoms with Crippen LogP contribution in [-0.2, 0) is 25.7 Å². The van der Waals surface area contributed by atoms with Crippen LogP contribution in [0.15, 0.2) is 79.0 Å². The molecule has 4 atom stereocenters. The predicted octanol–water partition coefficient (Wildman–Crippen LogP) is 7.64. The average molecular weight is 835 g/mol. The number of H-pyrrole nitrogens is 2. The summed E-state index contributed by atoms with van der Waals surface area (Å²) >= 11 is 0. The van der Waals surface area contributed by atoms with Crippen LogP contribution in [0.1, 0.15) is 93.3 Å². The van der Waals surface area contributed by atoms with E-state index >= 15 is 0 Å². The molecule has 0 radical (unpaired) electrons. The Morgan fingerprint density at radius 3 is 2.32 bits per heavy atom. The summed E-state index contributed by atoms with van der Waals surface area (Å²) in [6, 6.07) is 22.3. The van der Waals surface area contributed by atoms with Crippen LogP contribution >= 0.6 is 0 Å². The molecule has 4 aromatic carbocycles. The van der Waals surface area contributed by atoms with Crippen molar-refractivity contribution in [2.24, 2.45) is 11.8 Å². The van der Waals surface area contributed by atoms with E-state index in [1.54, 1.807) is 0 Å². The quantitative estimate of drug-likeness (QED) is 0.109. The van der Waals surface area contributed by atoms with Crippen molar-refractivity contribution in [2.75, 3.05) is 20.2 Å². The number of ether oxygens (including phenoxy) is 2. The maximum absolute atomic E-state index is 14.3. The number of aromatic nitrogens is 4. The number of benzene rings is 4. The molecule has 6 aromatic rings. The second kappa shape index (κ2) is 16.0. The zero-order valence-electron chi connectivity index (χ0n) is 35.1. The third kappa shape index (κ3) is 7.20. The lowest BCUT2D eigenvalue weighted by molar-refractivity contribution is -0.138. The zero-order chi connectivity index (χ0) is 42.6. The molecule has 0 bridgehead atoms. The SMILES string of the molecule is COC(=O)N[C@@H](C(=O)N1CCC[C@H]1c1ncc(-c2ccc3c(c2)COc2cc4c(ccc5[nH]c([C@@H]6CCCN6C(=O)[C@H](NC(=O)C6CC6)c6ccccc6)nc54)cc2-3)[nH]1)C(C)C. The number of methoxy groups -OCH3 is 1. The van der Waals surface area contributed by atoms with E-state index in [1.807, 2.05) is 66.2 Å². The number of nitrogens with one attached hydrogen (secondary N) is 4. The number of carbonyl (C=O) groups excluding carboxylic acids is 4. The molecule has 0 spiro atoms. The normalized spacial score (nSPS) is 19.2. The van der Waals surface area contributed by atoms with E-state index in [4.69, 9.17) is 19.4 Å². The van der Waals surface area contributed by atoms with Crippen LogP contribution in [0.2, 0.25) is 0 Å². The molecule has 3 aliphatic heterocycles. The van der Waals surface area contributed by atoms with Crippen LogP contribution < -0.4 is 15.4 Å². The summed E-state index contributed by atoms with van der Waals surface area (Å²) in [5.41, 5.74) is 7.43. The van der Waals surface area contributed by atoms with Crippen LogP contribution in [0.25, 0.3) is 44.2 Å². The van der Waals surface area contributed by atoms with Crippen LogP contribution in [-0.4, -0.2) is 79.8 Å². The highest BCUT2D eigenvalue weighted by molar-refractivity contribution is 6.07. The van der Waals surface area contributed by atoms with Crippen molar-refractivity contribution in [3.05, 3.63) is 102 Å². The number of imidazole rings is 2.